The monoisotopic (exact) mass is 170 g/mol. The van der Waals surface area contributed by atoms with Crippen LogP contribution in [0.1, 0.15) is 33.1 Å². The van der Waals surface area contributed by atoms with Crippen LogP contribution in [0.3, 0.4) is 0 Å². The molecule has 0 heterocycles. The summed E-state index contributed by atoms with van der Waals surface area (Å²) in [4.78, 5) is 0. The van der Waals surface area contributed by atoms with Gasteiger partial charge in [0.2, 0.25) is 0 Å². The fraction of sp³-hybridized carbons (Fsp3) is 0.800. The number of aliphatic hydroxyl groups excluding tert-OH is 1. The zero-order valence-electron chi connectivity index (χ0n) is 7.88. The fourth-order valence-corrected chi connectivity index (χ4v) is 1.72. The molecule has 12 heavy (non-hydrogen) atoms. The fourth-order valence-electron chi connectivity index (χ4n) is 1.72. The minimum atomic E-state index is -0.883. The summed E-state index contributed by atoms with van der Waals surface area (Å²) >= 11 is 0. The Bertz CT molecular complexity index is 184. The van der Waals surface area contributed by atoms with Gasteiger partial charge in [-0.05, 0) is 39.0 Å². The van der Waals surface area contributed by atoms with Crippen molar-refractivity contribution in [3.8, 4) is 0 Å². The van der Waals surface area contributed by atoms with E-state index in [0.717, 1.165) is 12.0 Å². The highest BCUT2D eigenvalue weighted by Gasteiger charge is 2.37. The van der Waals surface area contributed by atoms with Crippen LogP contribution in [-0.4, -0.2) is 21.9 Å². The molecule has 0 aromatic heterocycles. The van der Waals surface area contributed by atoms with Gasteiger partial charge < -0.3 is 10.2 Å². The summed E-state index contributed by atoms with van der Waals surface area (Å²) in [6, 6.07) is 0. The SMILES string of the molecule is C=C(C)C1CC[C@](C)(O)C(O)C1. The molecular formula is C10H18O2. The molecule has 0 aromatic rings. The Morgan fingerprint density at radius 1 is 1.58 bits per heavy atom. The third kappa shape index (κ3) is 1.87. The minimum absolute atomic E-state index is 0.389. The average Bonchev–Trinajstić information content (AvgIpc) is 1.94. The van der Waals surface area contributed by atoms with E-state index < -0.39 is 11.7 Å². The Morgan fingerprint density at radius 3 is 2.58 bits per heavy atom. The van der Waals surface area contributed by atoms with E-state index in [0.29, 0.717) is 18.8 Å². The molecule has 0 aromatic carbocycles. The second kappa shape index (κ2) is 3.19. The van der Waals surface area contributed by atoms with Crippen molar-refractivity contribution >= 4 is 0 Å². The Labute approximate surface area is 73.9 Å². The standard InChI is InChI=1S/C10H18O2/c1-7(2)8-4-5-10(3,12)9(11)6-8/h8-9,11-12H,1,4-6H2,2-3H3/t8?,9?,10-/m0/s1. The smallest absolute Gasteiger partial charge is 0.0877 e. The molecule has 0 amide bonds. The van der Waals surface area contributed by atoms with Crippen molar-refractivity contribution in [1.82, 2.24) is 0 Å². The lowest BCUT2D eigenvalue weighted by molar-refractivity contribution is -0.0952. The van der Waals surface area contributed by atoms with Crippen LogP contribution in [-0.2, 0) is 0 Å². The number of rotatable bonds is 1. The van der Waals surface area contributed by atoms with Crippen molar-refractivity contribution in [1.29, 1.82) is 0 Å². The first-order chi connectivity index (χ1) is 5.43. The van der Waals surface area contributed by atoms with Crippen LogP contribution in [0.5, 0.6) is 0 Å². The normalized spacial score (nSPS) is 42.7. The van der Waals surface area contributed by atoms with E-state index in [-0.39, 0.29) is 0 Å². The van der Waals surface area contributed by atoms with Crippen LogP contribution < -0.4 is 0 Å². The molecule has 3 atom stereocenters. The van der Waals surface area contributed by atoms with Gasteiger partial charge in [-0.2, -0.15) is 0 Å². The van der Waals surface area contributed by atoms with Crippen LogP contribution in [0.4, 0.5) is 0 Å². The van der Waals surface area contributed by atoms with Gasteiger partial charge in [-0.1, -0.05) is 12.2 Å². The van der Waals surface area contributed by atoms with Crippen molar-refractivity contribution in [3.63, 3.8) is 0 Å². The van der Waals surface area contributed by atoms with Crippen LogP contribution in [0.25, 0.3) is 0 Å². The van der Waals surface area contributed by atoms with Crippen LogP contribution in [0.2, 0.25) is 0 Å². The summed E-state index contributed by atoms with van der Waals surface area (Å²) in [5, 5.41) is 19.2. The zero-order chi connectivity index (χ0) is 9.35. The molecule has 1 fully saturated rings. The van der Waals surface area contributed by atoms with Gasteiger partial charge in [0.05, 0.1) is 11.7 Å². The molecule has 0 saturated heterocycles. The second-order valence-corrected chi connectivity index (χ2v) is 4.19. The largest absolute Gasteiger partial charge is 0.390 e. The first-order valence-electron chi connectivity index (χ1n) is 4.49. The summed E-state index contributed by atoms with van der Waals surface area (Å²) in [5.41, 5.74) is 0.232. The molecule has 1 aliphatic rings. The molecule has 2 heteroatoms. The minimum Gasteiger partial charge on any atom is -0.390 e. The maximum atomic E-state index is 9.66. The van der Waals surface area contributed by atoms with Gasteiger partial charge in [-0.25, -0.2) is 0 Å². The highest BCUT2D eigenvalue weighted by atomic mass is 16.3. The first kappa shape index (κ1) is 9.75. The highest BCUT2D eigenvalue weighted by Crippen LogP contribution is 2.34. The van der Waals surface area contributed by atoms with Crippen molar-refractivity contribution in [2.45, 2.75) is 44.8 Å². The Balaban J connectivity index is 2.58. The molecule has 70 valence electrons. The summed E-state index contributed by atoms with van der Waals surface area (Å²) in [6.45, 7) is 7.55. The summed E-state index contributed by atoms with van der Waals surface area (Å²) in [5.74, 6) is 0.389. The topological polar surface area (TPSA) is 40.5 Å². The lowest BCUT2D eigenvalue weighted by atomic mass is 9.75. The molecule has 0 radical (unpaired) electrons. The second-order valence-electron chi connectivity index (χ2n) is 4.19. The maximum absolute atomic E-state index is 9.66. The van der Waals surface area contributed by atoms with Crippen LogP contribution in [0.15, 0.2) is 12.2 Å². The van der Waals surface area contributed by atoms with E-state index in [1.807, 2.05) is 6.92 Å². The predicted octanol–water partition coefficient (Wildman–Crippen LogP) is 1.47. The first-order valence-corrected chi connectivity index (χ1v) is 4.49. The lowest BCUT2D eigenvalue weighted by Gasteiger charge is -2.38. The molecule has 2 N–H and O–H groups in total. The van der Waals surface area contributed by atoms with E-state index in [1.54, 1.807) is 6.92 Å². The maximum Gasteiger partial charge on any atom is 0.0877 e. The molecule has 1 aliphatic carbocycles. The van der Waals surface area contributed by atoms with Crippen molar-refractivity contribution in [2.24, 2.45) is 5.92 Å². The number of aliphatic hydroxyl groups is 2. The molecular weight excluding hydrogens is 152 g/mol. The summed E-state index contributed by atoms with van der Waals surface area (Å²) < 4.78 is 0. The van der Waals surface area contributed by atoms with Gasteiger partial charge in [0, 0.05) is 0 Å². The van der Waals surface area contributed by atoms with E-state index in [1.165, 1.54) is 0 Å². The third-order valence-electron chi connectivity index (χ3n) is 2.92. The zero-order valence-corrected chi connectivity index (χ0v) is 7.88. The van der Waals surface area contributed by atoms with Crippen molar-refractivity contribution in [2.75, 3.05) is 0 Å². The van der Waals surface area contributed by atoms with Gasteiger partial charge in [0.1, 0.15) is 0 Å². The van der Waals surface area contributed by atoms with Crippen molar-refractivity contribution < 1.29 is 10.2 Å². The quantitative estimate of drug-likeness (QED) is 0.585. The van der Waals surface area contributed by atoms with Crippen molar-refractivity contribution in [3.05, 3.63) is 12.2 Å². The van der Waals surface area contributed by atoms with Gasteiger partial charge >= 0.3 is 0 Å². The lowest BCUT2D eigenvalue weighted by Crippen LogP contribution is -2.44. The average molecular weight is 170 g/mol. The van der Waals surface area contributed by atoms with Crippen LogP contribution in [0, 0.1) is 5.92 Å². The van der Waals surface area contributed by atoms with E-state index >= 15 is 0 Å². The van der Waals surface area contributed by atoms with E-state index in [9.17, 15) is 10.2 Å². The number of hydrogen-bond acceptors (Lipinski definition) is 2. The Kier molecular flexibility index (Phi) is 2.59. The molecule has 2 nitrogen and oxygen atoms in total. The van der Waals surface area contributed by atoms with Gasteiger partial charge in [-0.3, -0.25) is 0 Å². The number of hydrogen-bond donors (Lipinski definition) is 2. The molecule has 0 bridgehead atoms. The highest BCUT2D eigenvalue weighted by molar-refractivity contribution is 5.02. The Morgan fingerprint density at radius 2 is 2.17 bits per heavy atom. The van der Waals surface area contributed by atoms with Crippen LogP contribution >= 0.6 is 0 Å². The van der Waals surface area contributed by atoms with Gasteiger partial charge in [-0.15, -0.1) is 0 Å². The molecule has 0 spiro atoms. The summed E-state index contributed by atoms with van der Waals surface area (Å²) in [6.07, 6.45) is 1.68. The molecule has 2 unspecified atom stereocenters. The molecule has 0 aliphatic heterocycles. The summed E-state index contributed by atoms with van der Waals surface area (Å²) in [7, 11) is 0. The molecule has 1 saturated carbocycles. The third-order valence-corrected chi connectivity index (χ3v) is 2.92. The van der Waals surface area contributed by atoms with E-state index in [2.05, 4.69) is 6.58 Å². The van der Waals surface area contributed by atoms with E-state index in [4.69, 9.17) is 0 Å². The van der Waals surface area contributed by atoms with Gasteiger partial charge in [0.15, 0.2) is 0 Å². The molecule has 1 rings (SSSR count). The number of allylic oxidation sites excluding steroid dienone is 1. The Hall–Kier alpha value is -0.340. The van der Waals surface area contributed by atoms with Gasteiger partial charge in [0.25, 0.3) is 0 Å². The predicted molar refractivity (Wildman–Crippen MR) is 48.8 cm³/mol.